The zero-order valence-corrected chi connectivity index (χ0v) is 8.91. The number of nitrogens with zero attached hydrogens (tertiary/aromatic N) is 2. The molecule has 0 saturated carbocycles. The summed E-state index contributed by atoms with van der Waals surface area (Å²) >= 11 is 1.72. The van der Waals surface area contributed by atoms with Gasteiger partial charge in [-0.1, -0.05) is 6.07 Å². The molecule has 0 aliphatic carbocycles. The van der Waals surface area contributed by atoms with Gasteiger partial charge in [-0.3, -0.25) is 0 Å². The van der Waals surface area contributed by atoms with E-state index < -0.39 is 0 Å². The van der Waals surface area contributed by atoms with Gasteiger partial charge in [0.2, 0.25) is 5.88 Å². The Hall–Kier alpha value is -1.62. The molecule has 0 saturated heterocycles. The Morgan fingerprint density at radius 1 is 1.40 bits per heavy atom. The van der Waals surface area contributed by atoms with Crippen LogP contribution >= 0.6 is 11.3 Å². The second-order valence-corrected chi connectivity index (χ2v) is 3.99. The highest BCUT2D eigenvalue weighted by Crippen LogP contribution is 2.11. The summed E-state index contributed by atoms with van der Waals surface area (Å²) in [5.41, 5.74) is 5.50. The third-order valence-corrected chi connectivity index (χ3v) is 2.78. The van der Waals surface area contributed by atoms with E-state index in [2.05, 4.69) is 21.4 Å². The third kappa shape index (κ3) is 2.92. The van der Waals surface area contributed by atoms with Crippen molar-refractivity contribution in [2.24, 2.45) is 0 Å². The summed E-state index contributed by atoms with van der Waals surface area (Å²) in [6, 6.07) is 5.74. The maximum atomic E-state index is 5.50. The van der Waals surface area contributed by atoms with Gasteiger partial charge in [-0.05, 0) is 11.4 Å². The van der Waals surface area contributed by atoms with Gasteiger partial charge in [0, 0.05) is 17.4 Å². The van der Waals surface area contributed by atoms with Crippen LogP contribution in [0, 0.1) is 0 Å². The van der Waals surface area contributed by atoms with Crippen molar-refractivity contribution in [3.8, 4) is 5.88 Å². The summed E-state index contributed by atoms with van der Waals surface area (Å²) < 4.78 is 5.44. The quantitative estimate of drug-likeness (QED) is 0.854. The molecule has 2 aromatic heterocycles. The summed E-state index contributed by atoms with van der Waals surface area (Å²) in [5.74, 6) is 0.954. The lowest BCUT2D eigenvalue weighted by atomic mass is 10.4. The average Bonchev–Trinajstić information content (AvgIpc) is 2.71. The van der Waals surface area contributed by atoms with Gasteiger partial charge in [0.15, 0.2) is 0 Å². The van der Waals surface area contributed by atoms with E-state index >= 15 is 0 Å². The monoisotopic (exact) mass is 221 g/mol. The van der Waals surface area contributed by atoms with Crippen LogP contribution in [0.2, 0.25) is 0 Å². The molecule has 0 fully saturated rings. The molecule has 2 rings (SSSR count). The molecule has 15 heavy (non-hydrogen) atoms. The second-order valence-electron chi connectivity index (χ2n) is 2.96. The molecule has 0 amide bonds. The van der Waals surface area contributed by atoms with E-state index in [4.69, 9.17) is 10.5 Å². The van der Waals surface area contributed by atoms with Gasteiger partial charge in [-0.2, -0.15) is 0 Å². The van der Waals surface area contributed by atoms with Crippen LogP contribution in [0.1, 0.15) is 4.88 Å². The van der Waals surface area contributed by atoms with E-state index in [1.807, 2.05) is 6.07 Å². The van der Waals surface area contributed by atoms with Crippen molar-refractivity contribution < 1.29 is 4.74 Å². The van der Waals surface area contributed by atoms with Crippen molar-refractivity contribution in [2.75, 3.05) is 12.3 Å². The first-order valence-electron chi connectivity index (χ1n) is 4.57. The highest BCUT2D eigenvalue weighted by molar-refractivity contribution is 7.09. The highest BCUT2D eigenvalue weighted by Gasteiger charge is 1.98. The minimum atomic E-state index is 0.427. The van der Waals surface area contributed by atoms with E-state index in [0.29, 0.717) is 18.3 Å². The SMILES string of the molecule is Nc1cc(OCCc2cccs2)ncn1. The lowest BCUT2D eigenvalue weighted by Crippen LogP contribution is -2.02. The van der Waals surface area contributed by atoms with E-state index in [1.165, 1.54) is 11.2 Å². The van der Waals surface area contributed by atoms with Crippen LogP contribution in [0.5, 0.6) is 5.88 Å². The lowest BCUT2D eigenvalue weighted by molar-refractivity contribution is 0.310. The van der Waals surface area contributed by atoms with Crippen LogP contribution in [-0.4, -0.2) is 16.6 Å². The zero-order valence-electron chi connectivity index (χ0n) is 8.09. The Morgan fingerprint density at radius 2 is 2.33 bits per heavy atom. The number of aromatic nitrogens is 2. The van der Waals surface area contributed by atoms with E-state index in [1.54, 1.807) is 17.4 Å². The summed E-state index contributed by atoms with van der Waals surface area (Å²) in [5, 5.41) is 2.05. The number of anilines is 1. The van der Waals surface area contributed by atoms with E-state index in [-0.39, 0.29) is 0 Å². The van der Waals surface area contributed by atoms with Crippen molar-refractivity contribution >= 4 is 17.2 Å². The van der Waals surface area contributed by atoms with Crippen LogP contribution in [0.25, 0.3) is 0 Å². The molecule has 0 spiro atoms. The topological polar surface area (TPSA) is 61.0 Å². The number of thiophene rings is 1. The van der Waals surface area contributed by atoms with E-state index in [0.717, 1.165) is 6.42 Å². The number of hydrogen-bond acceptors (Lipinski definition) is 5. The van der Waals surface area contributed by atoms with Gasteiger partial charge >= 0.3 is 0 Å². The predicted molar refractivity (Wildman–Crippen MR) is 60.0 cm³/mol. The minimum Gasteiger partial charge on any atom is -0.477 e. The third-order valence-electron chi connectivity index (χ3n) is 1.84. The number of nitrogen functional groups attached to an aromatic ring is 1. The van der Waals surface area contributed by atoms with E-state index in [9.17, 15) is 0 Å². The van der Waals surface area contributed by atoms with Crippen molar-refractivity contribution in [3.63, 3.8) is 0 Å². The van der Waals surface area contributed by atoms with Gasteiger partial charge in [0.1, 0.15) is 12.1 Å². The number of rotatable bonds is 4. The molecule has 0 radical (unpaired) electrons. The molecular formula is C10H11N3OS. The first kappa shape index (κ1) is 9.92. The molecule has 5 heteroatoms. The molecular weight excluding hydrogens is 210 g/mol. The second kappa shape index (κ2) is 4.75. The van der Waals surface area contributed by atoms with Gasteiger partial charge in [-0.25, -0.2) is 9.97 Å². The molecule has 4 nitrogen and oxygen atoms in total. The Kier molecular flexibility index (Phi) is 3.14. The zero-order chi connectivity index (χ0) is 10.5. The van der Waals surface area contributed by atoms with Crippen molar-refractivity contribution in [3.05, 3.63) is 34.8 Å². The van der Waals surface area contributed by atoms with Crippen molar-refractivity contribution in [2.45, 2.75) is 6.42 Å². The molecule has 0 aliphatic heterocycles. The molecule has 78 valence electrons. The first-order chi connectivity index (χ1) is 7.34. The maximum absolute atomic E-state index is 5.50. The van der Waals surface area contributed by atoms with Crippen LogP contribution in [0.15, 0.2) is 29.9 Å². The normalized spacial score (nSPS) is 10.1. The molecule has 0 aliphatic rings. The summed E-state index contributed by atoms with van der Waals surface area (Å²) in [7, 11) is 0. The summed E-state index contributed by atoms with van der Waals surface area (Å²) in [4.78, 5) is 9.04. The average molecular weight is 221 g/mol. The molecule has 0 bridgehead atoms. The number of hydrogen-bond donors (Lipinski definition) is 1. The Labute approximate surface area is 91.8 Å². The largest absolute Gasteiger partial charge is 0.477 e. The van der Waals surface area contributed by atoms with Gasteiger partial charge in [-0.15, -0.1) is 11.3 Å². The Bertz CT molecular complexity index is 416. The standard InChI is InChI=1S/C10H11N3OS/c11-9-6-10(13-7-12-9)14-4-3-8-2-1-5-15-8/h1-2,5-7H,3-4H2,(H2,11,12,13). The summed E-state index contributed by atoms with van der Waals surface area (Å²) in [6.45, 7) is 0.608. The molecule has 2 heterocycles. The van der Waals surface area contributed by atoms with Crippen LogP contribution < -0.4 is 10.5 Å². The minimum absolute atomic E-state index is 0.427. The Morgan fingerprint density at radius 3 is 3.07 bits per heavy atom. The fourth-order valence-corrected chi connectivity index (χ4v) is 1.83. The fraction of sp³-hybridized carbons (Fsp3) is 0.200. The highest BCUT2D eigenvalue weighted by atomic mass is 32.1. The van der Waals surface area contributed by atoms with Gasteiger partial charge in [0.25, 0.3) is 0 Å². The molecule has 0 unspecified atom stereocenters. The van der Waals surface area contributed by atoms with Gasteiger partial charge in [0.05, 0.1) is 6.61 Å². The first-order valence-corrected chi connectivity index (χ1v) is 5.45. The fourth-order valence-electron chi connectivity index (χ4n) is 1.14. The van der Waals surface area contributed by atoms with Crippen molar-refractivity contribution in [1.82, 2.24) is 9.97 Å². The number of nitrogens with two attached hydrogens (primary N) is 1. The number of ether oxygens (including phenoxy) is 1. The summed E-state index contributed by atoms with van der Waals surface area (Å²) in [6.07, 6.45) is 2.29. The van der Waals surface area contributed by atoms with Crippen LogP contribution in [-0.2, 0) is 6.42 Å². The van der Waals surface area contributed by atoms with Crippen LogP contribution in [0.3, 0.4) is 0 Å². The van der Waals surface area contributed by atoms with Crippen LogP contribution in [0.4, 0.5) is 5.82 Å². The smallest absolute Gasteiger partial charge is 0.218 e. The molecule has 0 aromatic carbocycles. The Balaban J connectivity index is 1.83. The lowest BCUT2D eigenvalue weighted by Gasteiger charge is -2.03. The molecule has 2 N–H and O–H groups in total. The maximum Gasteiger partial charge on any atom is 0.218 e. The molecule has 2 aromatic rings. The predicted octanol–water partition coefficient (Wildman–Crippen LogP) is 1.74. The van der Waals surface area contributed by atoms with Gasteiger partial charge < -0.3 is 10.5 Å². The van der Waals surface area contributed by atoms with Crippen molar-refractivity contribution in [1.29, 1.82) is 0 Å². The molecule has 0 atom stereocenters.